The van der Waals surface area contributed by atoms with Gasteiger partial charge in [-0.05, 0) is 36.6 Å². The molecule has 2 heterocycles. The Morgan fingerprint density at radius 2 is 2.31 bits per heavy atom. The minimum Gasteiger partial charge on any atom is -0.467 e. The Morgan fingerprint density at radius 1 is 1.38 bits per heavy atom. The van der Waals surface area contributed by atoms with E-state index < -0.39 is 0 Å². The average molecular weight is 240 g/mol. The molecule has 0 aliphatic carbocycles. The van der Waals surface area contributed by atoms with Gasteiger partial charge in [0, 0.05) is 17.1 Å². The normalized spacial score (nSPS) is 23.9. The molecule has 3 rings (SSSR count). The zero-order chi connectivity index (χ0) is 11.0. The lowest BCUT2D eigenvalue weighted by molar-refractivity contribution is -0.0169. The third-order valence-corrected chi connectivity index (χ3v) is 3.60. The van der Waals surface area contributed by atoms with Crippen molar-refractivity contribution in [3.63, 3.8) is 0 Å². The van der Waals surface area contributed by atoms with Gasteiger partial charge in [-0.1, -0.05) is 11.6 Å². The molecule has 0 amide bonds. The van der Waals surface area contributed by atoms with Crippen LogP contribution in [0.4, 0.5) is 0 Å². The Hall–Kier alpha value is -0.770. The van der Waals surface area contributed by atoms with Gasteiger partial charge in [0.05, 0.1) is 6.61 Å². The Bertz CT molecular complexity index is 402. The van der Waals surface area contributed by atoms with E-state index in [9.17, 15) is 0 Å². The number of fused-ring (bicyclic) bond motifs is 1. The van der Waals surface area contributed by atoms with Crippen molar-refractivity contribution in [1.29, 1.82) is 0 Å². The van der Waals surface area contributed by atoms with Crippen LogP contribution in [0.25, 0.3) is 0 Å². The summed E-state index contributed by atoms with van der Waals surface area (Å²) in [4.78, 5) is 0. The Labute approximate surface area is 99.7 Å². The minimum atomic E-state index is 0.344. The van der Waals surface area contributed by atoms with Crippen LogP contribution in [0, 0.1) is 0 Å². The van der Waals surface area contributed by atoms with Crippen molar-refractivity contribution in [2.45, 2.75) is 18.9 Å². The molecule has 0 bridgehead atoms. The first kappa shape index (κ1) is 10.4. The maximum Gasteiger partial charge on any atom is 0.189 e. The predicted molar refractivity (Wildman–Crippen MR) is 62.0 cm³/mol. The van der Waals surface area contributed by atoms with Gasteiger partial charge in [-0.3, -0.25) is 0 Å². The highest BCUT2D eigenvalue weighted by atomic mass is 35.5. The highest BCUT2D eigenvalue weighted by molar-refractivity contribution is 6.31. The molecule has 4 heteroatoms. The van der Waals surface area contributed by atoms with Crippen molar-refractivity contribution < 1.29 is 9.47 Å². The van der Waals surface area contributed by atoms with Gasteiger partial charge < -0.3 is 14.8 Å². The molecule has 2 aliphatic rings. The Balaban J connectivity index is 2.06. The van der Waals surface area contributed by atoms with E-state index in [0.29, 0.717) is 19.3 Å². The first-order valence-electron chi connectivity index (χ1n) is 5.59. The summed E-state index contributed by atoms with van der Waals surface area (Å²) >= 11 is 6.30. The number of rotatable bonds is 1. The van der Waals surface area contributed by atoms with Crippen molar-refractivity contribution >= 4 is 11.6 Å². The van der Waals surface area contributed by atoms with Crippen LogP contribution in [0.15, 0.2) is 12.1 Å². The van der Waals surface area contributed by atoms with E-state index in [2.05, 4.69) is 5.32 Å². The molecule has 86 valence electrons. The summed E-state index contributed by atoms with van der Waals surface area (Å²) in [5.74, 6) is 1.42. The third kappa shape index (κ3) is 1.69. The maximum atomic E-state index is 6.30. The third-order valence-electron chi connectivity index (χ3n) is 3.27. The molecule has 1 saturated heterocycles. The SMILES string of the molecule is Clc1ccc2c(c1C1CCNC1)COCO2. The van der Waals surface area contributed by atoms with Crippen LogP contribution in [-0.2, 0) is 11.3 Å². The van der Waals surface area contributed by atoms with Crippen LogP contribution in [0.2, 0.25) is 5.02 Å². The molecule has 1 N–H and O–H groups in total. The van der Waals surface area contributed by atoms with Gasteiger partial charge in [-0.2, -0.15) is 0 Å². The molecule has 0 saturated carbocycles. The second-order valence-electron chi connectivity index (χ2n) is 4.24. The molecule has 1 aromatic carbocycles. The fraction of sp³-hybridized carbons (Fsp3) is 0.500. The summed E-state index contributed by atoms with van der Waals surface area (Å²) in [7, 11) is 0. The lowest BCUT2D eigenvalue weighted by Crippen LogP contribution is -2.16. The lowest BCUT2D eigenvalue weighted by atomic mass is 9.93. The number of benzene rings is 1. The summed E-state index contributed by atoms with van der Waals surface area (Å²) in [6, 6.07) is 3.87. The van der Waals surface area contributed by atoms with Gasteiger partial charge in [-0.15, -0.1) is 0 Å². The number of nitrogens with one attached hydrogen (secondary N) is 1. The summed E-state index contributed by atoms with van der Waals surface area (Å²) in [5.41, 5.74) is 2.34. The highest BCUT2D eigenvalue weighted by Gasteiger charge is 2.25. The van der Waals surface area contributed by atoms with Gasteiger partial charge in [-0.25, -0.2) is 0 Å². The number of ether oxygens (including phenoxy) is 2. The molecule has 1 atom stereocenters. The predicted octanol–water partition coefficient (Wildman–Crippen LogP) is 2.28. The van der Waals surface area contributed by atoms with Crippen LogP contribution in [0.5, 0.6) is 5.75 Å². The summed E-state index contributed by atoms with van der Waals surface area (Å²) in [5, 5.41) is 4.20. The van der Waals surface area contributed by atoms with E-state index in [1.165, 1.54) is 5.56 Å². The van der Waals surface area contributed by atoms with Crippen molar-refractivity contribution in [3.05, 3.63) is 28.3 Å². The molecule has 1 unspecified atom stereocenters. The van der Waals surface area contributed by atoms with Crippen LogP contribution in [0.3, 0.4) is 0 Å². The van der Waals surface area contributed by atoms with E-state index in [0.717, 1.165) is 35.8 Å². The van der Waals surface area contributed by atoms with E-state index in [-0.39, 0.29) is 0 Å². The quantitative estimate of drug-likeness (QED) is 0.816. The van der Waals surface area contributed by atoms with Crippen molar-refractivity contribution in [1.82, 2.24) is 5.32 Å². The van der Waals surface area contributed by atoms with Gasteiger partial charge in [0.1, 0.15) is 5.75 Å². The fourth-order valence-corrected chi connectivity index (χ4v) is 2.82. The smallest absolute Gasteiger partial charge is 0.189 e. The van der Waals surface area contributed by atoms with E-state index in [4.69, 9.17) is 21.1 Å². The molecule has 0 spiro atoms. The van der Waals surface area contributed by atoms with Gasteiger partial charge >= 0.3 is 0 Å². The summed E-state index contributed by atoms with van der Waals surface area (Å²) in [6.45, 7) is 3.02. The molecule has 0 aromatic heterocycles. The second-order valence-corrected chi connectivity index (χ2v) is 4.65. The maximum absolute atomic E-state index is 6.30. The first-order chi connectivity index (χ1) is 7.86. The van der Waals surface area contributed by atoms with Gasteiger partial charge in [0.2, 0.25) is 0 Å². The topological polar surface area (TPSA) is 30.5 Å². The number of halogens is 1. The molecule has 0 radical (unpaired) electrons. The molecule has 16 heavy (non-hydrogen) atoms. The van der Waals surface area contributed by atoms with Crippen LogP contribution < -0.4 is 10.1 Å². The van der Waals surface area contributed by atoms with Gasteiger partial charge in [0.25, 0.3) is 0 Å². The van der Waals surface area contributed by atoms with E-state index in [1.807, 2.05) is 12.1 Å². The monoisotopic (exact) mass is 239 g/mol. The van der Waals surface area contributed by atoms with Crippen LogP contribution in [0.1, 0.15) is 23.5 Å². The Kier molecular flexibility index (Phi) is 2.75. The standard InChI is InChI=1S/C12H14ClNO2/c13-10-1-2-11-9(6-15-7-16-11)12(10)8-3-4-14-5-8/h1-2,8,14H,3-7H2. The molecular weight excluding hydrogens is 226 g/mol. The zero-order valence-corrected chi connectivity index (χ0v) is 9.72. The van der Waals surface area contributed by atoms with Crippen molar-refractivity contribution in [2.24, 2.45) is 0 Å². The van der Waals surface area contributed by atoms with E-state index >= 15 is 0 Å². The molecule has 2 aliphatic heterocycles. The summed E-state index contributed by atoms with van der Waals surface area (Å²) < 4.78 is 10.8. The Morgan fingerprint density at radius 3 is 3.12 bits per heavy atom. The van der Waals surface area contributed by atoms with Crippen molar-refractivity contribution in [3.8, 4) is 5.75 Å². The fourth-order valence-electron chi connectivity index (χ4n) is 2.49. The minimum absolute atomic E-state index is 0.344. The number of hydrogen-bond acceptors (Lipinski definition) is 3. The van der Waals surface area contributed by atoms with Crippen LogP contribution in [-0.4, -0.2) is 19.9 Å². The first-order valence-corrected chi connectivity index (χ1v) is 5.96. The van der Waals surface area contributed by atoms with Crippen LogP contribution >= 0.6 is 11.6 Å². The highest BCUT2D eigenvalue weighted by Crippen LogP contribution is 2.38. The molecule has 1 fully saturated rings. The summed E-state index contributed by atoms with van der Waals surface area (Å²) in [6.07, 6.45) is 1.14. The molecule has 1 aromatic rings. The largest absolute Gasteiger partial charge is 0.467 e. The molecule has 3 nitrogen and oxygen atoms in total. The van der Waals surface area contributed by atoms with Gasteiger partial charge in [0.15, 0.2) is 6.79 Å². The number of hydrogen-bond donors (Lipinski definition) is 1. The molecular formula is C12H14ClNO2. The zero-order valence-electron chi connectivity index (χ0n) is 8.96. The van der Waals surface area contributed by atoms with Crippen molar-refractivity contribution in [2.75, 3.05) is 19.9 Å². The average Bonchev–Trinajstić information content (AvgIpc) is 2.82. The second kappa shape index (κ2) is 4.24. The lowest BCUT2D eigenvalue weighted by Gasteiger charge is -2.23. The van der Waals surface area contributed by atoms with E-state index in [1.54, 1.807) is 0 Å².